The van der Waals surface area contributed by atoms with Gasteiger partial charge < -0.3 is 5.32 Å². The van der Waals surface area contributed by atoms with Crippen LogP contribution in [0, 0.1) is 0 Å². The predicted octanol–water partition coefficient (Wildman–Crippen LogP) is 4.20. The number of amides is 1. The molecule has 160 valence electrons. The second kappa shape index (κ2) is 8.88. The van der Waals surface area contributed by atoms with E-state index in [9.17, 15) is 18.0 Å². The maximum Gasteiger partial charge on any atom is 0.417 e. The van der Waals surface area contributed by atoms with E-state index in [-0.39, 0.29) is 28.9 Å². The Balaban J connectivity index is 1.50. The highest BCUT2D eigenvalue weighted by atomic mass is 19.4. The maximum absolute atomic E-state index is 13.6. The zero-order chi connectivity index (χ0) is 22.6. The van der Waals surface area contributed by atoms with E-state index in [4.69, 9.17) is 0 Å². The lowest BCUT2D eigenvalue weighted by molar-refractivity contribution is -0.137. The topological polar surface area (TPSA) is 93.6 Å². The average Bonchev–Trinajstić information content (AvgIpc) is 2.80. The van der Waals surface area contributed by atoms with E-state index in [1.165, 1.54) is 36.8 Å². The summed E-state index contributed by atoms with van der Waals surface area (Å²) in [4.78, 5) is 16.5. The van der Waals surface area contributed by atoms with Crippen molar-refractivity contribution >= 4 is 11.7 Å². The van der Waals surface area contributed by atoms with Crippen LogP contribution in [-0.4, -0.2) is 31.3 Å². The number of alkyl halides is 3. The largest absolute Gasteiger partial charge is 0.417 e. The summed E-state index contributed by atoms with van der Waals surface area (Å²) in [7, 11) is 0. The van der Waals surface area contributed by atoms with Crippen LogP contribution in [-0.2, 0) is 17.4 Å². The van der Waals surface area contributed by atoms with Gasteiger partial charge >= 0.3 is 6.18 Å². The first-order chi connectivity index (χ1) is 15.4. The van der Waals surface area contributed by atoms with Crippen LogP contribution in [0.3, 0.4) is 0 Å². The number of hydrogen-bond acceptors (Lipinski definition) is 6. The van der Waals surface area contributed by atoms with Crippen LogP contribution in [0.2, 0.25) is 0 Å². The SMILES string of the molecule is O=C(Cc1ccc(-c2ccnnc2)c(C(F)(F)F)c1)Nc1ccc(-c2cccnn2)cn1. The van der Waals surface area contributed by atoms with Gasteiger partial charge in [0, 0.05) is 23.5 Å². The minimum Gasteiger partial charge on any atom is -0.310 e. The first kappa shape index (κ1) is 21.0. The van der Waals surface area contributed by atoms with E-state index in [0.29, 0.717) is 11.3 Å². The van der Waals surface area contributed by atoms with Crippen LogP contribution < -0.4 is 5.32 Å². The fraction of sp³-hybridized carbons (Fsp3) is 0.0909. The molecule has 0 bridgehead atoms. The lowest BCUT2D eigenvalue weighted by Gasteiger charge is -2.14. The molecule has 0 fully saturated rings. The number of nitrogens with zero attached hydrogens (tertiary/aromatic N) is 5. The van der Waals surface area contributed by atoms with E-state index in [1.54, 1.807) is 30.5 Å². The van der Waals surface area contributed by atoms with Gasteiger partial charge in [-0.05, 0) is 47.5 Å². The van der Waals surface area contributed by atoms with Gasteiger partial charge in [-0.1, -0.05) is 12.1 Å². The van der Waals surface area contributed by atoms with Crippen molar-refractivity contribution in [2.75, 3.05) is 5.32 Å². The average molecular weight is 436 g/mol. The molecule has 0 saturated heterocycles. The van der Waals surface area contributed by atoms with Gasteiger partial charge in [-0.25, -0.2) is 4.98 Å². The number of aromatic nitrogens is 5. The molecular weight excluding hydrogens is 421 g/mol. The van der Waals surface area contributed by atoms with Crippen LogP contribution in [0.1, 0.15) is 11.1 Å². The summed E-state index contributed by atoms with van der Waals surface area (Å²) < 4.78 is 40.9. The van der Waals surface area contributed by atoms with Crippen LogP contribution >= 0.6 is 0 Å². The monoisotopic (exact) mass is 436 g/mol. The number of anilines is 1. The molecule has 3 aromatic heterocycles. The van der Waals surface area contributed by atoms with Crippen molar-refractivity contribution in [3.05, 3.63) is 84.4 Å². The third-order valence-corrected chi connectivity index (χ3v) is 4.55. The molecule has 1 N–H and O–H groups in total. The van der Waals surface area contributed by atoms with Crippen molar-refractivity contribution < 1.29 is 18.0 Å². The Morgan fingerprint density at radius 3 is 2.44 bits per heavy atom. The van der Waals surface area contributed by atoms with Gasteiger partial charge in [0.15, 0.2) is 0 Å². The summed E-state index contributed by atoms with van der Waals surface area (Å²) in [5, 5.41) is 17.6. The fourth-order valence-corrected chi connectivity index (χ4v) is 3.08. The molecule has 0 saturated carbocycles. The molecule has 0 aliphatic heterocycles. The second-order valence-electron chi connectivity index (χ2n) is 6.77. The van der Waals surface area contributed by atoms with Gasteiger partial charge in [0.1, 0.15) is 5.82 Å². The smallest absolute Gasteiger partial charge is 0.310 e. The number of carbonyl (C=O) groups is 1. The molecule has 4 aromatic rings. The van der Waals surface area contributed by atoms with Gasteiger partial charge in [0.2, 0.25) is 5.91 Å². The van der Waals surface area contributed by atoms with Crippen LogP contribution in [0.5, 0.6) is 0 Å². The molecule has 4 rings (SSSR count). The van der Waals surface area contributed by atoms with Crippen molar-refractivity contribution in [2.24, 2.45) is 0 Å². The van der Waals surface area contributed by atoms with E-state index < -0.39 is 17.6 Å². The standard InChI is InChI=1S/C22H15F3N6O/c23-22(24,25)18-10-14(3-5-17(18)15-7-9-27-29-13-15)11-21(32)30-20-6-4-16(12-26-20)19-2-1-8-28-31-19/h1-10,12-13H,11H2,(H,26,30,32). The Labute approximate surface area is 180 Å². The van der Waals surface area contributed by atoms with Crippen LogP contribution in [0.15, 0.2) is 73.3 Å². The Morgan fingerprint density at radius 1 is 0.906 bits per heavy atom. The minimum atomic E-state index is -4.59. The number of pyridine rings is 1. The van der Waals surface area contributed by atoms with Crippen molar-refractivity contribution in [1.29, 1.82) is 0 Å². The number of halogens is 3. The number of hydrogen-bond donors (Lipinski definition) is 1. The van der Waals surface area contributed by atoms with Gasteiger partial charge in [-0.2, -0.15) is 33.6 Å². The maximum atomic E-state index is 13.6. The van der Waals surface area contributed by atoms with Gasteiger partial charge in [-0.15, -0.1) is 0 Å². The highest BCUT2D eigenvalue weighted by Gasteiger charge is 2.34. The first-order valence-corrected chi connectivity index (χ1v) is 9.41. The first-order valence-electron chi connectivity index (χ1n) is 9.41. The lowest BCUT2D eigenvalue weighted by atomic mass is 9.97. The molecule has 0 radical (unpaired) electrons. The summed E-state index contributed by atoms with van der Waals surface area (Å²) in [5.74, 6) is -0.214. The zero-order valence-electron chi connectivity index (χ0n) is 16.4. The van der Waals surface area contributed by atoms with E-state index in [0.717, 1.165) is 6.07 Å². The van der Waals surface area contributed by atoms with Crippen molar-refractivity contribution in [3.8, 4) is 22.4 Å². The Morgan fingerprint density at radius 2 is 1.78 bits per heavy atom. The van der Waals surface area contributed by atoms with E-state index >= 15 is 0 Å². The molecule has 0 atom stereocenters. The lowest BCUT2D eigenvalue weighted by Crippen LogP contribution is -2.16. The summed E-state index contributed by atoms with van der Waals surface area (Å²) in [6.45, 7) is 0. The third kappa shape index (κ3) is 4.91. The van der Waals surface area contributed by atoms with Gasteiger partial charge in [0.25, 0.3) is 0 Å². The molecule has 0 unspecified atom stereocenters. The highest BCUT2D eigenvalue weighted by Crippen LogP contribution is 2.37. The second-order valence-corrected chi connectivity index (χ2v) is 6.77. The predicted molar refractivity (Wildman–Crippen MR) is 110 cm³/mol. The Hall–Kier alpha value is -4.21. The summed E-state index contributed by atoms with van der Waals surface area (Å²) in [6, 6.07) is 12.0. The van der Waals surface area contributed by atoms with E-state index in [1.807, 2.05) is 0 Å². The molecule has 3 heterocycles. The van der Waals surface area contributed by atoms with Crippen LogP contribution in [0.4, 0.5) is 19.0 Å². The number of benzene rings is 1. The number of rotatable bonds is 5. The third-order valence-electron chi connectivity index (χ3n) is 4.55. The molecule has 32 heavy (non-hydrogen) atoms. The molecular formula is C22H15F3N6O. The molecule has 10 heteroatoms. The minimum absolute atomic E-state index is 0.0298. The van der Waals surface area contributed by atoms with E-state index in [2.05, 4.69) is 30.7 Å². The summed E-state index contributed by atoms with van der Waals surface area (Å²) in [6.07, 6.45) is 0.816. The molecule has 0 aliphatic rings. The molecule has 1 amide bonds. The zero-order valence-corrected chi connectivity index (χ0v) is 16.4. The molecule has 0 spiro atoms. The molecule has 7 nitrogen and oxygen atoms in total. The number of nitrogens with one attached hydrogen (secondary N) is 1. The summed E-state index contributed by atoms with van der Waals surface area (Å²) in [5.41, 5.74) is 0.974. The quantitative estimate of drug-likeness (QED) is 0.504. The van der Waals surface area contributed by atoms with Gasteiger partial charge in [-0.3, -0.25) is 4.79 Å². The number of carbonyl (C=O) groups excluding carboxylic acids is 1. The summed E-state index contributed by atoms with van der Waals surface area (Å²) >= 11 is 0. The molecule has 0 aliphatic carbocycles. The Kier molecular flexibility index (Phi) is 5.84. The fourth-order valence-electron chi connectivity index (χ4n) is 3.08. The van der Waals surface area contributed by atoms with Crippen molar-refractivity contribution in [3.63, 3.8) is 0 Å². The van der Waals surface area contributed by atoms with Crippen molar-refractivity contribution in [1.82, 2.24) is 25.4 Å². The van der Waals surface area contributed by atoms with Crippen LogP contribution in [0.25, 0.3) is 22.4 Å². The highest BCUT2D eigenvalue weighted by molar-refractivity contribution is 5.91. The molecule has 1 aromatic carbocycles. The Bertz CT molecular complexity index is 1220. The normalized spacial score (nSPS) is 11.2. The van der Waals surface area contributed by atoms with Crippen molar-refractivity contribution in [2.45, 2.75) is 12.6 Å². The van der Waals surface area contributed by atoms with Gasteiger partial charge in [0.05, 0.1) is 30.1 Å².